The summed E-state index contributed by atoms with van der Waals surface area (Å²) in [5.41, 5.74) is 4.44. The maximum atomic E-state index is 12.6. The first-order chi connectivity index (χ1) is 21.1. The Morgan fingerprint density at radius 2 is 1.86 bits per heavy atom. The average molecular weight is 584 g/mol. The Balaban J connectivity index is 1.03. The van der Waals surface area contributed by atoms with Gasteiger partial charge in [-0.05, 0) is 61.6 Å². The molecule has 0 unspecified atom stereocenters. The van der Waals surface area contributed by atoms with E-state index < -0.39 is 0 Å². The van der Waals surface area contributed by atoms with Crippen LogP contribution in [0.15, 0.2) is 55.0 Å². The fourth-order valence-electron chi connectivity index (χ4n) is 6.17. The monoisotopic (exact) mass is 583 g/mol. The quantitative estimate of drug-likeness (QED) is 0.283. The summed E-state index contributed by atoms with van der Waals surface area (Å²) in [5, 5.41) is 14.6. The Labute approximate surface area is 250 Å². The fraction of sp³-hybridized carbons (Fsp3) is 0.438. The molecule has 11 heteroatoms. The lowest BCUT2D eigenvalue weighted by molar-refractivity contribution is -0.0122. The Bertz CT molecular complexity index is 1570. The number of carbonyl (C=O) groups excluding carboxylic acids is 1. The van der Waals surface area contributed by atoms with Gasteiger partial charge in [0.2, 0.25) is 0 Å². The molecule has 0 saturated carbocycles. The second kappa shape index (κ2) is 12.3. The van der Waals surface area contributed by atoms with Gasteiger partial charge < -0.3 is 30.2 Å². The summed E-state index contributed by atoms with van der Waals surface area (Å²) >= 11 is 0. The Hall–Kier alpha value is -4.06. The highest BCUT2D eigenvalue weighted by Gasteiger charge is 2.33. The Kier molecular flexibility index (Phi) is 7.92. The minimum Gasteiger partial charge on any atom is -0.488 e. The number of hydrogen-bond acceptors (Lipinski definition) is 9. The van der Waals surface area contributed by atoms with Gasteiger partial charge in [0.15, 0.2) is 5.82 Å². The van der Waals surface area contributed by atoms with Crippen LogP contribution >= 0.6 is 0 Å². The van der Waals surface area contributed by atoms with Crippen molar-refractivity contribution in [1.29, 1.82) is 0 Å². The Morgan fingerprint density at radius 3 is 2.65 bits per heavy atom. The zero-order valence-electron chi connectivity index (χ0n) is 24.3. The SMILES string of the molecule is Cc1cc(-c2ccn3nc(Nc4ccc(C(=O)NCC5CCOCC5)cn4)cc3c2)c(O[C@H]2C[C@H]3COC[C@@H](C2)N3)cn1. The van der Waals surface area contributed by atoms with Gasteiger partial charge in [-0.1, -0.05) is 0 Å². The number of hydrogen-bond donors (Lipinski definition) is 3. The predicted molar refractivity (Wildman–Crippen MR) is 162 cm³/mol. The molecule has 3 aliphatic rings. The first-order valence-corrected chi connectivity index (χ1v) is 15.1. The van der Waals surface area contributed by atoms with Crippen LogP contribution in [0.1, 0.15) is 41.7 Å². The van der Waals surface area contributed by atoms with Gasteiger partial charge in [0.25, 0.3) is 5.91 Å². The van der Waals surface area contributed by atoms with E-state index in [1.165, 1.54) is 0 Å². The summed E-state index contributed by atoms with van der Waals surface area (Å²) in [6.45, 7) is 5.65. The van der Waals surface area contributed by atoms with Crippen LogP contribution in [0, 0.1) is 12.8 Å². The summed E-state index contributed by atoms with van der Waals surface area (Å²) < 4.78 is 19.5. The number of fused-ring (bicyclic) bond motifs is 3. The molecule has 3 atom stereocenters. The molecule has 43 heavy (non-hydrogen) atoms. The number of piperidine rings is 1. The maximum absolute atomic E-state index is 12.6. The van der Waals surface area contributed by atoms with E-state index in [-0.39, 0.29) is 12.0 Å². The van der Waals surface area contributed by atoms with E-state index in [4.69, 9.17) is 14.2 Å². The summed E-state index contributed by atoms with van der Waals surface area (Å²) in [6, 6.07) is 12.4. The van der Waals surface area contributed by atoms with Crippen molar-refractivity contribution in [2.45, 2.75) is 50.8 Å². The number of nitrogens with zero attached hydrogens (tertiary/aromatic N) is 4. The van der Waals surface area contributed by atoms with E-state index in [1.807, 2.05) is 36.0 Å². The van der Waals surface area contributed by atoms with E-state index in [2.05, 4.69) is 43.1 Å². The molecule has 0 spiro atoms. The van der Waals surface area contributed by atoms with Gasteiger partial charge in [-0.25, -0.2) is 9.50 Å². The summed E-state index contributed by atoms with van der Waals surface area (Å²) in [6.07, 6.45) is 9.28. The topological polar surface area (TPSA) is 124 Å². The van der Waals surface area contributed by atoms with Crippen molar-refractivity contribution >= 4 is 23.1 Å². The molecule has 3 aliphatic heterocycles. The third-order valence-electron chi connectivity index (χ3n) is 8.45. The van der Waals surface area contributed by atoms with E-state index in [9.17, 15) is 4.79 Å². The number of aryl methyl sites for hydroxylation is 1. The lowest BCUT2D eigenvalue weighted by atomic mass is 9.94. The molecule has 224 valence electrons. The van der Waals surface area contributed by atoms with Gasteiger partial charge in [-0.3, -0.25) is 9.78 Å². The lowest BCUT2D eigenvalue weighted by Gasteiger charge is -2.40. The fourth-order valence-corrected chi connectivity index (χ4v) is 6.17. The van der Waals surface area contributed by atoms with E-state index >= 15 is 0 Å². The first-order valence-electron chi connectivity index (χ1n) is 15.1. The number of nitrogens with one attached hydrogen (secondary N) is 3. The van der Waals surface area contributed by atoms with Crippen LogP contribution in [0.5, 0.6) is 5.75 Å². The van der Waals surface area contributed by atoms with Crippen LogP contribution in [0.4, 0.5) is 11.6 Å². The van der Waals surface area contributed by atoms with Crippen molar-refractivity contribution in [2.75, 3.05) is 38.3 Å². The maximum Gasteiger partial charge on any atom is 0.252 e. The molecular weight excluding hydrogens is 546 g/mol. The average Bonchev–Trinajstić information content (AvgIpc) is 3.43. The summed E-state index contributed by atoms with van der Waals surface area (Å²) in [5.74, 6) is 2.42. The number of aromatic nitrogens is 4. The normalized spacial score (nSPS) is 22.3. The van der Waals surface area contributed by atoms with Crippen molar-refractivity contribution in [3.63, 3.8) is 0 Å². The molecule has 3 fully saturated rings. The molecule has 1 amide bonds. The zero-order chi connectivity index (χ0) is 29.2. The zero-order valence-corrected chi connectivity index (χ0v) is 24.3. The lowest BCUT2D eigenvalue weighted by Crippen LogP contribution is -2.56. The minimum atomic E-state index is -0.113. The number of morpholine rings is 1. The molecule has 3 saturated heterocycles. The van der Waals surface area contributed by atoms with Gasteiger partial charge in [-0.15, -0.1) is 0 Å². The highest BCUT2D eigenvalue weighted by atomic mass is 16.5. The predicted octanol–water partition coefficient (Wildman–Crippen LogP) is 3.90. The molecule has 7 heterocycles. The standard InChI is InChI=1S/C32H37N7O4/c1-20-10-28(29(17-33-20)43-27-12-24-18-42-19-25(13-27)36-24)22-4-7-39-26(11-22)14-31(38-39)37-30-3-2-23(16-34-30)32(40)35-15-21-5-8-41-9-6-21/h2-4,7,10-11,14,16-17,21,24-25,27,36H,5-6,8-9,12-13,15,18-19H2,1H3,(H,35,40)(H,34,37,38)/t24-,25+,27-. The van der Waals surface area contributed by atoms with Crippen LogP contribution in [0.2, 0.25) is 0 Å². The molecule has 3 N–H and O–H groups in total. The minimum absolute atomic E-state index is 0.113. The van der Waals surface area contributed by atoms with E-state index in [0.29, 0.717) is 41.7 Å². The number of amides is 1. The molecule has 7 rings (SSSR count). The molecule has 0 aromatic carbocycles. The number of rotatable bonds is 8. The van der Waals surface area contributed by atoms with Gasteiger partial charge in [0.1, 0.15) is 17.7 Å². The van der Waals surface area contributed by atoms with Crippen molar-refractivity contribution in [3.05, 3.63) is 66.2 Å². The number of carbonyl (C=O) groups is 1. The second-order valence-corrected chi connectivity index (χ2v) is 11.8. The van der Waals surface area contributed by atoms with Gasteiger partial charge in [0, 0.05) is 74.4 Å². The van der Waals surface area contributed by atoms with Crippen LogP contribution in [-0.2, 0) is 9.47 Å². The smallest absolute Gasteiger partial charge is 0.252 e. The van der Waals surface area contributed by atoms with Gasteiger partial charge in [-0.2, -0.15) is 5.10 Å². The van der Waals surface area contributed by atoms with Crippen LogP contribution in [0.3, 0.4) is 0 Å². The highest BCUT2D eigenvalue weighted by molar-refractivity contribution is 5.94. The van der Waals surface area contributed by atoms with E-state index in [0.717, 1.165) is 80.2 Å². The van der Waals surface area contributed by atoms with Crippen LogP contribution < -0.4 is 20.7 Å². The number of pyridine rings is 3. The van der Waals surface area contributed by atoms with Crippen molar-refractivity contribution in [1.82, 2.24) is 30.2 Å². The third kappa shape index (κ3) is 6.48. The number of ether oxygens (including phenoxy) is 3. The molecule has 2 bridgehead atoms. The van der Waals surface area contributed by atoms with Crippen molar-refractivity contribution in [2.24, 2.45) is 5.92 Å². The molecule has 0 radical (unpaired) electrons. The largest absolute Gasteiger partial charge is 0.488 e. The van der Waals surface area contributed by atoms with Crippen LogP contribution in [-0.4, -0.2) is 76.6 Å². The van der Waals surface area contributed by atoms with Gasteiger partial charge >= 0.3 is 0 Å². The molecule has 4 aromatic rings. The summed E-state index contributed by atoms with van der Waals surface area (Å²) in [7, 11) is 0. The highest BCUT2D eigenvalue weighted by Crippen LogP contribution is 2.34. The summed E-state index contributed by atoms with van der Waals surface area (Å²) in [4.78, 5) is 21.6. The van der Waals surface area contributed by atoms with Crippen molar-refractivity contribution < 1.29 is 19.0 Å². The Morgan fingerprint density at radius 1 is 1.02 bits per heavy atom. The van der Waals surface area contributed by atoms with Crippen molar-refractivity contribution in [3.8, 4) is 16.9 Å². The molecule has 0 aliphatic carbocycles. The third-order valence-corrected chi connectivity index (χ3v) is 8.45. The molecule has 4 aromatic heterocycles. The number of anilines is 2. The molecule has 11 nitrogen and oxygen atoms in total. The second-order valence-electron chi connectivity index (χ2n) is 11.8. The van der Waals surface area contributed by atoms with Gasteiger partial charge in [0.05, 0.1) is 30.5 Å². The van der Waals surface area contributed by atoms with E-state index in [1.54, 1.807) is 18.3 Å². The molecular formula is C32H37N7O4. The van der Waals surface area contributed by atoms with Crippen LogP contribution in [0.25, 0.3) is 16.6 Å². The first kappa shape index (κ1) is 27.8.